The second-order valence-corrected chi connectivity index (χ2v) is 10.3. The van der Waals surface area contributed by atoms with Gasteiger partial charge in [0.1, 0.15) is 0 Å². The van der Waals surface area contributed by atoms with Crippen LogP contribution >= 0.6 is 0 Å². The van der Waals surface area contributed by atoms with Gasteiger partial charge in [-0.2, -0.15) is 0 Å². The molecule has 0 bridgehead atoms. The largest absolute Gasteiger partial charge is 0.0839 e. The molecule has 3 aliphatic rings. The lowest BCUT2D eigenvalue weighted by Gasteiger charge is -2.27. The van der Waals surface area contributed by atoms with Crippen LogP contribution in [0.15, 0.2) is 109 Å². The fourth-order valence-corrected chi connectivity index (χ4v) is 6.42. The Kier molecular flexibility index (Phi) is 5.32. The molecule has 0 heteroatoms. The lowest BCUT2D eigenvalue weighted by Crippen LogP contribution is -2.33. The van der Waals surface area contributed by atoms with E-state index < -0.39 is 0 Å². The standard InChI is InChI=1S/C36H30/c1-2-10-25(11-3-1)27-18-21-28(22-19-27)35-31-14-6-8-16-33(31)36(34-17-9-7-15-32(34)35)30-23-20-26-12-4-5-13-29(26)24-30/h1-6,8,10-11,13-19,21-22,24,26H,7,9,12,20,23H2. The molecule has 7 rings (SSSR count). The molecular formula is C36H30. The monoisotopic (exact) mass is 462 g/mol. The number of hydrogen-bond donors (Lipinski definition) is 0. The molecule has 0 fully saturated rings. The summed E-state index contributed by atoms with van der Waals surface area (Å²) in [5.41, 5.74) is 9.71. The van der Waals surface area contributed by atoms with Gasteiger partial charge in [-0.15, -0.1) is 0 Å². The summed E-state index contributed by atoms with van der Waals surface area (Å²) in [5, 5.41) is 5.62. The summed E-state index contributed by atoms with van der Waals surface area (Å²) in [5.74, 6) is 0.693. The smallest absolute Gasteiger partial charge is 0.00297 e. The van der Waals surface area contributed by atoms with Gasteiger partial charge in [0.2, 0.25) is 0 Å². The van der Waals surface area contributed by atoms with Crippen LogP contribution in [0.2, 0.25) is 0 Å². The normalized spacial score (nSPS) is 18.4. The Balaban J connectivity index is 1.46. The van der Waals surface area contributed by atoms with Gasteiger partial charge in [0.15, 0.2) is 0 Å². The summed E-state index contributed by atoms with van der Waals surface area (Å²) in [7, 11) is 0. The van der Waals surface area contributed by atoms with Crippen LogP contribution in [0.3, 0.4) is 0 Å². The predicted octanol–water partition coefficient (Wildman–Crippen LogP) is 8.21. The van der Waals surface area contributed by atoms with Gasteiger partial charge in [-0.1, -0.05) is 115 Å². The summed E-state index contributed by atoms with van der Waals surface area (Å²) in [4.78, 5) is 0. The van der Waals surface area contributed by atoms with Crippen LogP contribution in [0.5, 0.6) is 0 Å². The lowest BCUT2D eigenvalue weighted by molar-refractivity contribution is 0.572. The summed E-state index contributed by atoms with van der Waals surface area (Å²) >= 11 is 0. The minimum absolute atomic E-state index is 0.693. The molecule has 3 aliphatic carbocycles. The van der Waals surface area contributed by atoms with Gasteiger partial charge in [-0.05, 0) is 98.2 Å². The highest BCUT2D eigenvalue weighted by molar-refractivity contribution is 6.04. The highest BCUT2D eigenvalue weighted by Gasteiger charge is 2.23. The molecule has 36 heavy (non-hydrogen) atoms. The molecule has 0 saturated carbocycles. The molecule has 0 amide bonds. The zero-order valence-corrected chi connectivity index (χ0v) is 20.6. The minimum atomic E-state index is 0.693. The van der Waals surface area contributed by atoms with Crippen molar-refractivity contribution < 1.29 is 0 Å². The number of allylic oxidation sites excluding steroid dienone is 6. The first-order valence-corrected chi connectivity index (χ1v) is 13.4. The first-order chi connectivity index (χ1) is 17.9. The van der Waals surface area contributed by atoms with Crippen molar-refractivity contribution in [1.29, 1.82) is 0 Å². The SMILES string of the molecule is C1=CCC2CCC(c3c4c(c(-c5ccc(-c6ccccc6)cc5)c5ccccc35)=CCCC=4)=CC2=C1. The van der Waals surface area contributed by atoms with Crippen molar-refractivity contribution in [2.75, 3.05) is 0 Å². The van der Waals surface area contributed by atoms with Gasteiger partial charge in [-0.25, -0.2) is 0 Å². The van der Waals surface area contributed by atoms with E-state index in [1.54, 1.807) is 0 Å². The Bertz CT molecular complexity index is 1680. The van der Waals surface area contributed by atoms with Crippen molar-refractivity contribution in [3.8, 4) is 22.3 Å². The maximum atomic E-state index is 2.51. The quantitative estimate of drug-likeness (QED) is 0.288. The van der Waals surface area contributed by atoms with Crippen LogP contribution in [-0.2, 0) is 0 Å². The van der Waals surface area contributed by atoms with E-state index in [1.165, 1.54) is 73.0 Å². The highest BCUT2D eigenvalue weighted by atomic mass is 14.3. The van der Waals surface area contributed by atoms with E-state index >= 15 is 0 Å². The van der Waals surface area contributed by atoms with Crippen LogP contribution in [0.1, 0.15) is 37.7 Å². The number of hydrogen-bond acceptors (Lipinski definition) is 0. The molecule has 0 N–H and O–H groups in total. The highest BCUT2D eigenvalue weighted by Crippen LogP contribution is 2.39. The van der Waals surface area contributed by atoms with Crippen molar-refractivity contribution in [2.24, 2.45) is 5.92 Å². The molecule has 0 heterocycles. The molecule has 1 atom stereocenters. The zero-order valence-electron chi connectivity index (χ0n) is 20.6. The first-order valence-electron chi connectivity index (χ1n) is 13.4. The fourth-order valence-electron chi connectivity index (χ4n) is 6.42. The average molecular weight is 463 g/mol. The number of fused-ring (bicyclic) bond motifs is 3. The van der Waals surface area contributed by atoms with Crippen molar-refractivity contribution in [3.63, 3.8) is 0 Å². The van der Waals surface area contributed by atoms with Crippen LogP contribution in [0.4, 0.5) is 0 Å². The number of benzene rings is 4. The molecular weight excluding hydrogens is 432 g/mol. The Morgan fingerprint density at radius 1 is 0.611 bits per heavy atom. The van der Waals surface area contributed by atoms with Crippen LogP contribution in [0, 0.1) is 5.92 Å². The van der Waals surface area contributed by atoms with Gasteiger partial charge in [0, 0.05) is 0 Å². The summed E-state index contributed by atoms with van der Waals surface area (Å²) in [6, 6.07) is 28.9. The molecule has 0 radical (unpaired) electrons. The summed E-state index contributed by atoms with van der Waals surface area (Å²) < 4.78 is 0. The molecule has 0 spiro atoms. The Morgan fingerprint density at radius 3 is 2.03 bits per heavy atom. The van der Waals surface area contributed by atoms with E-state index in [0.29, 0.717) is 5.92 Å². The maximum absolute atomic E-state index is 2.51. The average Bonchev–Trinajstić information content (AvgIpc) is 2.96. The first kappa shape index (κ1) is 21.4. The third-order valence-corrected chi connectivity index (χ3v) is 8.18. The molecule has 0 nitrogen and oxygen atoms in total. The van der Waals surface area contributed by atoms with Gasteiger partial charge in [0.25, 0.3) is 0 Å². The maximum Gasteiger partial charge on any atom is -0.00297 e. The van der Waals surface area contributed by atoms with Gasteiger partial charge < -0.3 is 0 Å². The Labute approximate surface area is 213 Å². The van der Waals surface area contributed by atoms with Gasteiger partial charge >= 0.3 is 0 Å². The van der Waals surface area contributed by atoms with Crippen LogP contribution in [0.25, 0.3) is 50.8 Å². The molecule has 0 saturated heterocycles. The number of rotatable bonds is 3. The van der Waals surface area contributed by atoms with Crippen LogP contribution in [-0.4, -0.2) is 0 Å². The van der Waals surface area contributed by atoms with Crippen LogP contribution < -0.4 is 10.4 Å². The fraction of sp³-hybridized carbons (Fsp3) is 0.167. The molecule has 4 aromatic carbocycles. The van der Waals surface area contributed by atoms with Gasteiger partial charge in [0.05, 0.1) is 0 Å². The van der Waals surface area contributed by atoms with Crippen molar-refractivity contribution >= 4 is 28.5 Å². The van der Waals surface area contributed by atoms with Gasteiger partial charge in [-0.3, -0.25) is 0 Å². The molecule has 4 aromatic rings. The predicted molar refractivity (Wildman–Crippen MR) is 155 cm³/mol. The molecule has 0 aliphatic heterocycles. The third-order valence-electron chi connectivity index (χ3n) is 8.18. The molecule has 1 unspecified atom stereocenters. The second-order valence-electron chi connectivity index (χ2n) is 10.3. The van der Waals surface area contributed by atoms with E-state index in [-0.39, 0.29) is 0 Å². The molecule has 174 valence electrons. The van der Waals surface area contributed by atoms with E-state index in [2.05, 4.69) is 115 Å². The van der Waals surface area contributed by atoms with E-state index in [4.69, 9.17) is 0 Å². The van der Waals surface area contributed by atoms with E-state index in [9.17, 15) is 0 Å². The second kappa shape index (κ2) is 8.95. The van der Waals surface area contributed by atoms with Crippen molar-refractivity contribution in [1.82, 2.24) is 0 Å². The van der Waals surface area contributed by atoms with E-state index in [0.717, 1.165) is 19.3 Å². The topological polar surface area (TPSA) is 0 Å². The van der Waals surface area contributed by atoms with Crippen molar-refractivity contribution in [3.05, 3.63) is 125 Å². The van der Waals surface area contributed by atoms with Crippen molar-refractivity contribution in [2.45, 2.75) is 32.1 Å². The summed E-state index contributed by atoms with van der Waals surface area (Å²) in [6.45, 7) is 0. The Morgan fingerprint density at radius 2 is 1.25 bits per heavy atom. The van der Waals surface area contributed by atoms with E-state index in [1.807, 2.05) is 0 Å². The zero-order chi connectivity index (χ0) is 23.9. The minimum Gasteiger partial charge on any atom is -0.0839 e. The Hall–Kier alpha value is -3.90. The third kappa shape index (κ3) is 3.60. The molecule has 0 aromatic heterocycles. The summed E-state index contributed by atoms with van der Waals surface area (Å²) in [6.07, 6.45) is 20.2. The lowest BCUT2D eigenvalue weighted by atomic mass is 9.77.